The van der Waals surface area contributed by atoms with E-state index in [1.807, 2.05) is 18.2 Å². The largest absolute Gasteiger partial charge is 0.360 e. The van der Waals surface area contributed by atoms with E-state index in [0.29, 0.717) is 28.8 Å². The first-order valence-corrected chi connectivity index (χ1v) is 11.8. The first-order chi connectivity index (χ1) is 16.2. The summed E-state index contributed by atoms with van der Waals surface area (Å²) in [5, 5.41) is 10.1. The number of carbonyl (C=O) groups excluding carboxylic acids is 2. The van der Waals surface area contributed by atoms with Gasteiger partial charge in [-0.05, 0) is 61.4 Å². The van der Waals surface area contributed by atoms with Crippen LogP contribution in [0.15, 0.2) is 59.4 Å². The third-order valence-electron chi connectivity index (χ3n) is 6.58. The van der Waals surface area contributed by atoms with E-state index in [1.54, 1.807) is 36.7 Å². The molecule has 2 fully saturated rings. The summed E-state index contributed by atoms with van der Waals surface area (Å²) in [5.41, 5.74) is 2.44. The molecule has 7 heteroatoms. The fourth-order valence-corrected chi connectivity index (χ4v) is 4.63. The minimum atomic E-state index is -0.230. The Labute approximate surface area is 193 Å². The first kappa shape index (κ1) is 21.4. The summed E-state index contributed by atoms with van der Waals surface area (Å²) in [6.07, 6.45) is 11.1. The van der Waals surface area contributed by atoms with E-state index < -0.39 is 0 Å². The van der Waals surface area contributed by atoms with E-state index in [4.69, 9.17) is 4.52 Å². The number of rotatable bonds is 7. The van der Waals surface area contributed by atoms with Crippen molar-refractivity contribution in [3.63, 3.8) is 0 Å². The summed E-state index contributed by atoms with van der Waals surface area (Å²) in [7, 11) is 0. The Hall–Kier alpha value is -3.48. The maximum atomic E-state index is 13.1. The van der Waals surface area contributed by atoms with E-state index >= 15 is 0 Å². The minimum absolute atomic E-state index is 0.190. The molecule has 1 aromatic carbocycles. The molecule has 2 aromatic heterocycles. The monoisotopic (exact) mass is 444 g/mol. The molecule has 2 amide bonds. The number of hydrogen-bond acceptors (Lipinski definition) is 5. The summed E-state index contributed by atoms with van der Waals surface area (Å²) in [6.45, 7) is 0. The lowest BCUT2D eigenvalue weighted by Gasteiger charge is -2.31. The number of aromatic nitrogens is 2. The zero-order valence-corrected chi connectivity index (χ0v) is 18.5. The van der Waals surface area contributed by atoms with Crippen LogP contribution >= 0.6 is 0 Å². The smallest absolute Gasteiger partial charge is 0.273 e. The van der Waals surface area contributed by atoms with Gasteiger partial charge in [-0.2, -0.15) is 0 Å². The van der Waals surface area contributed by atoms with Gasteiger partial charge in [-0.15, -0.1) is 0 Å². The molecule has 0 radical (unpaired) electrons. The van der Waals surface area contributed by atoms with Crippen LogP contribution in [-0.4, -0.2) is 22.0 Å². The molecule has 2 heterocycles. The molecule has 7 nitrogen and oxygen atoms in total. The predicted molar refractivity (Wildman–Crippen MR) is 124 cm³/mol. The van der Waals surface area contributed by atoms with E-state index in [2.05, 4.69) is 20.8 Å². The molecule has 2 saturated carbocycles. The summed E-state index contributed by atoms with van der Waals surface area (Å²) >= 11 is 0. The Kier molecular flexibility index (Phi) is 6.19. The molecule has 5 rings (SSSR count). The molecule has 2 N–H and O–H groups in total. The van der Waals surface area contributed by atoms with Gasteiger partial charge in [0.15, 0.2) is 5.69 Å². The molecule has 0 spiro atoms. The van der Waals surface area contributed by atoms with Gasteiger partial charge in [0.1, 0.15) is 5.76 Å². The van der Waals surface area contributed by atoms with Crippen molar-refractivity contribution in [2.75, 3.05) is 5.32 Å². The molecule has 3 aromatic rings. The molecule has 0 aliphatic heterocycles. The second-order valence-electron chi connectivity index (χ2n) is 9.06. The number of carbonyl (C=O) groups is 2. The van der Waals surface area contributed by atoms with Gasteiger partial charge < -0.3 is 15.2 Å². The summed E-state index contributed by atoms with van der Waals surface area (Å²) in [6, 6.07) is 12.7. The predicted octanol–water partition coefficient (Wildman–Crippen LogP) is 5.25. The molecule has 170 valence electrons. The van der Waals surface area contributed by atoms with Crippen LogP contribution in [0.5, 0.6) is 0 Å². The summed E-state index contributed by atoms with van der Waals surface area (Å²) in [5.74, 6) is 1.08. The van der Waals surface area contributed by atoms with Gasteiger partial charge in [0.2, 0.25) is 0 Å². The zero-order chi connectivity index (χ0) is 22.6. The molecule has 1 unspecified atom stereocenters. The van der Waals surface area contributed by atoms with Crippen molar-refractivity contribution >= 4 is 17.5 Å². The quantitative estimate of drug-likeness (QED) is 0.519. The molecule has 1 atom stereocenters. The average Bonchev–Trinajstić information content (AvgIpc) is 3.59. The van der Waals surface area contributed by atoms with E-state index in [-0.39, 0.29) is 17.9 Å². The van der Waals surface area contributed by atoms with Gasteiger partial charge in [0, 0.05) is 23.7 Å². The maximum absolute atomic E-state index is 13.1. The Morgan fingerprint density at radius 1 is 0.970 bits per heavy atom. The van der Waals surface area contributed by atoms with Crippen molar-refractivity contribution in [1.82, 2.24) is 15.5 Å². The number of amides is 2. The number of pyridine rings is 1. The van der Waals surface area contributed by atoms with E-state index in [9.17, 15) is 9.59 Å². The van der Waals surface area contributed by atoms with Crippen molar-refractivity contribution in [1.29, 1.82) is 0 Å². The van der Waals surface area contributed by atoms with Gasteiger partial charge in [0.25, 0.3) is 11.8 Å². The normalized spacial score (nSPS) is 17.3. The van der Waals surface area contributed by atoms with Gasteiger partial charge in [0.05, 0.1) is 17.9 Å². The van der Waals surface area contributed by atoms with Crippen LogP contribution in [-0.2, 0) is 0 Å². The molecule has 33 heavy (non-hydrogen) atoms. The molecule has 2 aliphatic rings. The third kappa shape index (κ3) is 5.13. The summed E-state index contributed by atoms with van der Waals surface area (Å²) < 4.78 is 5.38. The topological polar surface area (TPSA) is 97.1 Å². The van der Waals surface area contributed by atoms with Crippen LogP contribution in [0.1, 0.15) is 89.1 Å². The van der Waals surface area contributed by atoms with Gasteiger partial charge in [-0.3, -0.25) is 14.6 Å². The lowest BCUT2D eigenvalue weighted by atomic mass is 9.80. The maximum Gasteiger partial charge on any atom is 0.273 e. The van der Waals surface area contributed by atoms with Crippen molar-refractivity contribution < 1.29 is 14.1 Å². The lowest BCUT2D eigenvalue weighted by Crippen LogP contribution is -2.34. The highest BCUT2D eigenvalue weighted by molar-refractivity contribution is 6.04. The highest BCUT2D eigenvalue weighted by atomic mass is 16.5. The highest BCUT2D eigenvalue weighted by Gasteiger charge is 2.31. The Morgan fingerprint density at radius 3 is 2.58 bits per heavy atom. The second-order valence-corrected chi connectivity index (χ2v) is 9.06. The van der Waals surface area contributed by atoms with Crippen LogP contribution in [0.4, 0.5) is 5.69 Å². The van der Waals surface area contributed by atoms with Crippen LogP contribution < -0.4 is 10.6 Å². The number of hydrogen-bond donors (Lipinski definition) is 2. The Bertz CT molecular complexity index is 1120. The number of nitrogens with zero attached hydrogens (tertiary/aromatic N) is 2. The Morgan fingerprint density at radius 2 is 1.82 bits per heavy atom. The van der Waals surface area contributed by atoms with Crippen LogP contribution in [0.2, 0.25) is 0 Å². The number of nitrogens with one attached hydrogen (secondary N) is 2. The second kappa shape index (κ2) is 9.57. The molecule has 0 bridgehead atoms. The van der Waals surface area contributed by atoms with Crippen LogP contribution in [0.25, 0.3) is 0 Å². The third-order valence-corrected chi connectivity index (χ3v) is 6.58. The van der Waals surface area contributed by atoms with Gasteiger partial charge in [-0.1, -0.05) is 36.6 Å². The van der Waals surface area contributed by atoms with E-state index in [0.717, 1.165) is 49.8 Å². The van der Waals surface area contributed by atoms with Gasteiger partial charge >= 0.3 is 0 Å². The van der Waals surface area contributed by atoms with Crippen LogP contribution in [0.3, 0.4) is 0 Å². The van der Waals surface area contributed by atoms with Crippen molar-refractivity contribution in [2.24, 2.45) is 5.92 Å². The molecular weight excluding hydrogens is 416 g/mol. The summed E-state index contributed by atoms with van der Waals surface area (Å²) in [4.78, 5) is 29.9. The number of benzene rings is 1. The highest BCUT2D eigenvalue weighted by Crippen LogP contribution is 2.40. The first-order valence-electron chi connectivity index (χ1n) is 11.8. The standard InChI is InChI=1S/C26H28N4O3/c31-25(28-21-10-5-13-27-16-21)20-9-4-8-19(14-20)24(18-6-2-1-3-7-18)29-26(32)22-15-23(33-30-22)17-11-12-17/h4-5,8-10,13-18,24H,1-3,6-7,11-12H2,(H,28,31)(H,29,32). The fraction of sp³-hybridized carbons (Fsp3) is 0.385. The minimum Gasteiger partial charge on any atom is -0.360 e. The molecular formula is C26H28N4O3. The van der Waals surface area contributed by atoms with Gasteiger partial charge in [-0.25, -0.2) is 0 Å². The SMILES string of the molecule is O=C(Nc1cccnc1)c1cccc(C(NC(=O)c2cc(C3CC3)on2)C2CCCCC2)c1. The van der Waals surface area contributed by atoms with E-state index in [1.165, 1.54) is 6.42 Å². The molecule has 2 aliphatic carbocycles. The van der Waals surface area contributed by atoms with Crippen molar-refractivity contribution in [2.45, 2.75) is 56.9 Å². The van der Waals surface area contributed by atoms with Crippen molar-refractivity contribution in [3.05, 3.63) is 77.4 Å². The fourth-order valence-electron chi connectivity index (χ4n) is 4.63. The van der Waals surface area contributed by atoms with Crippen molar-refractivity contribution in [3.8, 4) is 0 Å². The van der Waals surface area contributed by atoms with Crippen LogP contribution in [0, 0.1) is 5.92 Å². The molecule has 0 saturated heterocycles. The lowest BCUT2D eigenvalue weighted by molar-refractivity contribution is 0.0903. The Balaban J connectivity index is 1.37. The average molecular weight is 445 g/mol. The number of anilines is 1. The zero-order valence-electron chi connectivity index (χ0n) is 18.5.